The summed E-state index contributed by atoms with van der Waals surface area (Å²) in [7, 11) is 0. The number of H-pyrrole nitrogens is 1. The second-order valence-electron chi connectivity index (χ2n) is 5.06. The minimum atomic E-state index is -0.255. The van der Waals surface area contributed by atoms with Gasteiger partial charge in [-0.3, -0.25) is 9.89 Å². The van der Waals surface area contributed by atoms with Crippen molar-refractivity contribution < 1.29 is 13.9 Å². The first-order valence-electron chi connectivity index (χ1n) is 6.86. The molecule has 1 N–H and O–H groups in total. The molecule has 1 fully saturated rings. The van der Waals surface area contributed by atoms with Gasteiger partial charge in [0, 0.05) is 25.7 Å². The number of nitrogens with zero attached hydrogens (tertiary/aromatic N) is 2. The van der Waals surface area contributed by atoms with Crippen LogP contribution in [0, 0.1) is 5.82 Å². The number of carbonyl (C=O) groups is 1. The van der Waals surface area contributed by atoms with Crippen LogP contribution < -0.4 is 0 Å². The molecule has 1 saturated heterocycles. The fourth-order valence-corrected chi connectivity index (χ4v) is 2.50. The van der Waals surface area contributed by atoms with Gasteiger partial charge in [-0.15, -0.1) is 0 Å². The van der Waals surface area contributed by atoms with Crippen molar-refractivity contribution in [2.24, 2.45) is 0 Å². The number of halogens is 1. The van der Waals surface area contributed by atoms with Crippen LogP contribution in [0.3, 0.4) is 0 Å². The van der Waals surface area contributed by atoms with Crippen LogP contribution in [0.15, 0.2) is 36.7 Å². The number of rotatable bonds is 3. The number of morpholine rings is 1. The highest BCUT2D eigenvalue weighted by Crippen LogP contribution is 2.14. The van der Waals surface area contributed by atoms with Crippen molar-refractivity contribution in [1.82, 2.24) is 15.1 Å². The maximum absolute atomic E-state index is 13.2. The molecule has 1 aromatic heterocycles. The number of ether oxygens (including phenoxy) is 1. The predicted molar refractivity (Wildman–Crippen MR) is 74.3 cm³/mol. The van der Waals surface area contributed by atoms with E-state index in [4.69, 9.17) is 4.74 Å². The van der Waals surface area contributed by atoms with Crippen LogP contribution in [-0.2, 0) is 11.2 Å². The van der Waals surface area contributed by atoms with Gasteiger partial charge in [-0.1, -0.05) is 12.1 Å². The molecular weight excluding hydrogens is 273 g/mol. The van der Waals surface area contributed by atoms with Crippen molar-refractivity contribution in [3.8, 4) is 0 Å². The summed E-state index contributed by atoms with van der Waals surface area (Å²) in [6.45, 7) is 1.55. The molecule has 0 spiro atoms. The molecule has 1 amide bonds. The van der Waals surface area contributed by atoms with E-state index >= 15 is 0 Å². The van der Waals surface area contributed by atoms with E-state index in [1.165, 1.54) is 18.3 Å². The van der Waals surface area contributed by atoms with Crippen molar-refractivity contribution in [1.29, 1.82) is 0 Å². The molecule has 1 aliphatic rings. The topological polar surface area (TPSA) is 58.2 Å². The quantitative estimate of drug-likeness (QED) is 0.934. The van der Waals surface area contributed by atoms with E-state index < -0.39 is 0 Å². The van der Waals surface area contributed by atoms with Gasteiger partial charge in [0.15, 0.2) is 0 Å². The third-order valence-corrected chi connectivity index (χ3v) is 3.52. The lowest BCUT2D eigenvalue weighted by Gasteiger charge is -2.32. The van der Waals surface area contributed by atoms with E-state index in [1.807, 2.05) is 6.07 Å². The smallest absolute Gasteiger partial charge is 0.257 e. The van der Waals surface area contributed by atoms with Gasteiger partial charge in [0.25, 0.3) is 5.91 Å². The average Bonchev–Trinajstić information content (AvgIpc) is 3.01. The minimum Gasteiger partial charge on any atom is -0.374 e. The van der Waals surface area contributed by atoms with Gasteiger partial charge in [-0.25, -0.2) is 4.39 Å². The molecule has 0 radical (unpaired) electrons. The van der Waals surface area contributed by atoms with Crippen molar-refractivity contribution in [3.63, 3.8) is 0 Å². The monoisotopic (exact) mass is 289 g/mol. The van der Waals surface area contributed by atoms with Gasteiger partial charge in [0.1, 0.15) is 5.82 Å². The summed E-state index contributed by atoms with van der Waals surface area (Å²) in [5.74, 6) is -0.314. The number of aromatic amines is 1. The summed E-state index contributed by atoms with van der Waals surface area (Å²) in [6.07, 6.45) is 3.57. The van der Waals surface area contributed by atoms with Crippen LogP contribution in [0.2, 0.25) is 0 Å². The van der Waals surface area contributed by atoms with E-state index in [9.17, 15) is 9.18 Å². The Kier molecular flexibility index (Phi) is 3.96. The minimum absolute atomic E-state index is 0.0590. The zero-order valence-electron chi connectivity index (χ0n) is 11.5. The third-order valence-electron chi connectivity index (χ3n) is 3.52. The number of benzene rings is 1. The SMILES string of the molecule is O=C(c1cn[nH]c1)N1CCO[C@H](Cc2cccc(F)c2)C1. The third kappa shape index (κ3) is 3.28. The summed E-state index contributed by atoms with van der Waals surface area (Å²) in [5.41, 5.74) is 1.42. The first kappa shape index (κ1) is 13.8. The molecule has 1 aromatic carbocycles. The Morgan fingerprint density at radius 2 is 2.43 bits per heavy atom. The van der Waals surface area contributed by atoms with E-state index in [0.29, 0.717) is 31.7 Å². The van der Waals surface area contributed by atoms with Gasteiger partial charge in [-0.05, 0) is 17.7 Å². The first-order chi connectivity index (χ1) is 10.2. The molecule has 2 heterocycles. The van der Waals surface area contributed by atoms with Crippen molar-refractivity contribution in [2.75, 3.05) is 19.7 Å². The Balaban J connectivity index is 1.64. The normalized spacial score (nSPS) is 18.7. The zero-order valence-corrected chi connectivity index (χ0v) is 11.5. The van der Waals surface area contributed by atoms with E-state index in [1.54, 1.807) is 17.2 Å². The van der Waals surface area contributed by atoms with Gasteiger partial charge < -0.3 is 9.64 Å². The molecule has 2 aromatic rings. The fourth-order valence-electron chi connectivity index (χ4n) is 2.50. The molecule has 6 heteroatoms. The molecule has 1 aliphatic heterocycles. The summed E-state index contributed by atoms with van der Waals surface area (Å²) < 4.78 is 18.9. The lowest BCUT2D eigenvalue weighted by Crippen LogP contribution is -2.46. The number of hydrogen-bond donors (Lipinski definition) is 1. The Morgan fingerprint density at radius 3 is 3.19 bits per heavy atom. The van der Waals surface area contributed by atoms with E-state index in [2.05, 4.69) is 10.2 Å². The van der Waals surface area contributed by atoms with E-state index in [-0.39, 0.29) is 17.8 Å². The van der Waals surface area contributed by atoms with Crippen LogP contribution in [0.4, 0.5) is 4.39 Å². The highest BCUT2D eigenvalue weighted by atomic mass is 19.1. The molecule has 21 heavy (non-hydrogen) atoms. The fraction of sp³-hybridized carbons (Fsp3) is 0.333. The summed E-state index contributed by atoms with van der Waals surface area (Å²) in [6, 6.07) is 6.46. The van der Waals surface area contributed by atoms with Crippen molar-refractivity contribution in [2.45, 2.75) is 12.5 Å². The van der Waals surface area contributed by atoms with Crippen LogP contribution in [-0.4, -0.2) is 46.8 Å². The van der Waals surface area contributed by atoms with E-state index in [0.717, 1.165) is 5.56 Å². The number of nitrogens with one attached hydrogen (secondary N) is 1. The molecule has 110 valence electrons. The maximum Gasteiger partial charge on any atom is 0.257 e. The Bertz CT molecular complexity index is 615. The van der Waals surface area contributed by atoms with Gasteiger partial charge in [0.2, 0.25) is 0 Å². The van der Waals surface area contributed by atoms with Gasteiger partial charge in [-0.2, -0.15) is 5.10 Å². The largest absolute Gasteiger partial charge is 0.374 e. The summed E-state index contributed by atoms with van der Waals surface area (Å²) >= 11 is 0. The number of hydrogen-bond acceptors (Lipinski definition) is 3. The van der Waals surface area contributed by atoms with Crippen molar-refractivity contribution in [3.05, 3.63) is 53.6 Å². The average molecular weight is 289 g/mol. The lowest BCUT2D eigenvalue weighted by atomic mass is 10.1. The number of carbonyl (C=O) groups excluding carboxylic acids is 1. The molecule has 5 nitrogen and oxygen atoms in total. The molecule has 1 atom stereocenters. The highest BCUT2D eigenvalue weighted by Gasteiger charge is 2.25. The highest BCUT2D eigenvalue weighted by molar-refractivity contribution is 5.93. The second kappa shape index (κ2) is 6.05. The molecule has 0 saturated carbocycles. The van der Waals surface area contributed by atoms with Crippen LogP contribution in [0.5, 0.6) is 0 Å². The predicted octanol–water partition coefficient (Wildman–Crippen LogP) is 1.63. The van der Waals surface area contributed by atoms with Crippen molar-refractivity contribution >= 4 is 5.91 Å². The summed E-state index contributed by atoms with van der Waals surface area (Å²) in [5, 5.41) is 6.43. The second-order valence-corrected chi connectivity index (χ2v) is 5.06. The number of amides is 1. The molecular formula is C15H16FN3O2. The summed E-state index contributed by atoms with van der Waals surface area (Å²) in [4.78, 5) is 14.0. The van der Waals surface area contributed by atoms with Gasteiger partial charge >= 0.3 is 0 Å². The van der Waals surface area contributed by atoms with Gasteiger partial charge in [0.05, 0.1) is 24.5 Å². The van der Waals surface area contributed by atoms with Crippen LogP contribution >= 0.6 is 0 Å². The Labute approximate surface area is 121 Å². The van der Waals surface area contributed by atoms with Crippen LogP contribution in [0.25, 0.3) is 0 Å². The van der Waals surface area contributed by atoms with Crippen LogP contribution in [0.1, 0.15) is 15.9 Å². The maximum atomic E-state index is 13.2. The lowest BCUT2D eigenvalue weighted by molar-refractivity contribution is -0.0208. The molecule has 0 bridgehead atoms. The first-order valence-corrected chi connectivity index (χ1v) is 6.86. The zero-order chi connectivity index (χ0) is 14.7. The molecule has 3 rings (SSSR count). The Hall–Kier alpha value is -2.21. The molecule has 0 unspecified atom stereocenters. The number of aromatic nitrogens is 2. The molecule has 0 aliphatic carbocycles. The standard InChI is InChI=1S/C15H16FN3O2/c16-13-3-1-2-11(6-13)7-14-10-19(4-5-21-14)15(20)12-8-17-18-9-12/h1-3,6,8-9,14H,4-5,7,10H2,(H,17,18)/t14-/m1/s1. The Morgan fingerprint density at radius 1 is 1.52 bits per heavy atom.